The summed E-state index contributed by atoms with van der Waals surface area (Å²) in [4.78, 5) is 20.7. The number of hydrogen-bond acceptors (Lipinski definition) is 6. The number of aromatic nitrogens is 2. The third-order valence-corrected chi connectivity index (χ3v) is 7.87. The number of fused-ring (bicyclic) bond motifs is 3. The molecule has 1 aliphatic heterocycles. The number of hydrogen-bond donors (Lipinski definition) is 0. The Balaban J connectivity index is 1.63. The number of thioether (sulfide) groups is 1. The van der Waals surface area contributed by atoms with Crippen molar-refractivity contribution in [1.29, 1.82) is 0 Å². The lowest BCUT2D eigenvalue weighted by Gasteiger charge is -2.29. The van der Waals surface area contributed by atoms with Gasteiger partial charge in [0.1, 0.15) is 16.4 Å². The van der Waals surface area contributed by atoms with Crippen LogP contribution in [-0.4, -0.2) is 21.8 Å². The van der Waals surface area contributed by atoms with Crippen molar-refractivity contribution in [3.8, 4) is 11.4 Å². The molecule has 0 aliphatic carbocycles. The molecule has 5 rings (SSSR count). The Hall–Kier alpha value is -2.68. The van der Waals surface area contributed by atoms with Crippen LogP contribution in [0.4, 0.5) is 4.39 Å². The van der Waals surface area contributed by atoms with Gasteiger partial charge in [-0.3, -0.25) is 9.36 Å². The molecule has 8 heteroatoms. The Morgan fingerprint density at radius 3 is 2.62 bits per heavy atom. The summed E-state index contributed by atoms with van der Waals surface area (Å²) in [5.74, 6) is 1.05. The van der Waals surface area contributed by atoms with E-state index in [1.54, 1.807) is 16.7 Å². The van der Waals surface area contributed by atoms with E-state index in [2.05, 4.69) is 0 Å². The zero-order chi connectivity index (χ0) is 23.9. The molecule has 0 unspecified atom stereocenters. The lowest BCUT2D eigenvalue weighted by atomic mass is 9.94. The summed E-state index contributed by atoms with van der Waals surface area (Å²) >= 11 is 3.00. The average Bonchev–Trinajstić information content (AvgIpc) is 3.16. The van der Waals surface area contributed by atoms with Crippen LogP contribution in [0.15, 0.2) is 58.5 Å². The second-order valence-corrected chi connectivity index (χ2v) is 10.8. The second kappa shape index (κ2) is 9.17. The van der Waals surface area contributed by atoms with Crippen molar-refractivity contribution in [2.45, 2.75) is 50.3 Å². The van der Waals surface area contributed by atoms with Gasteiger partial charge in [0.05, 0.1) is 29.9 Å². The fraction of sp³-hybridized carbons (Fsp3) is 0.308. The molecule has 0 saturated heterocycles. The minimum absolute atomic E-state index is 0.0778. The van der Waals surface area contributed by atoms with Crippen LogP contribution in [0, 0.1) is 5.82 Å². The van der Waals surface area contributed by atoms with E-state index in [4.69, 9.17) is 14.5 Å². The van der Waals surface area contributed by atoms with Gasteiger partial charge >= 0.3 is 0 Å². The first kappa shape index (κ1) is 23.1. The zero-order valence-corrected chi connectivity index (χ0v) is 20.9. The van der Waals surface area contributed by atoms with Crippen molar-refractivity contribution in [2.75, 3.05) is 6.61 Å². The number of halogens is 1. The van der Waals surface area contributed by atoms with Crippen molar-refractivity contribution >= 4 is 33.3 Å². The molecule has 34 heavy (non-hydrogen) atoms. The molecule has 0 atom stereocenters. The van der Waals surface area contributed by atoms with Crippen LogP contribution in [0.2, 0.25) is 0 Å². The van der Waals surface area contributed by atoms with Gasteiger partial charge in [-0.1, -0.05) is 23.9 Å². The summed E-state index contributed by atoms with van der Waals surface area (Å²) in [6.45, 7) is 7.09. The van der Waals surface area contributed by atoms with Crippen LogP contribution in [0.3, 0.4) is 0 Å². The van der Waals surface area contributed by atoms with Gasteiger partial charge in [-0.15, -0.1) is 11.3 Å². The van der Waals surface area contributed by atoms with Crippen molar-refractivity contribution in [3.05, 3.63) is 80.7 Å². The third-order valence-electron chi connectivity index (χ3n) is 5.76. The summed E-state index contributed by atoms with van der Waals surface area (Å²) in [6, 6.07) is 13.9. The summed E-state index contributed by atoms with van der Waals surface area (Å²) in [7, 11) is 0. The van der Waals surface area contributed by atoms with Crippen LogP contribution >= 0.6 is 23.1 Å². The Bertz CT molecular complexity index is 1390. The highest BCUT2D eigenvalue weighted by molar-refractivity contribution is 7.98. The molecule has 0 amide bonds. The molecule has 3 heterocycles. The standard InChI is InChI=1S/C26H25FN2O3S2/c1-4-31-19-11-9-18(10-12-19)29-24(30)22-20-13-26(2,3)32-14-21(20)34-23(22)28-25(29)33-15-16-5-7-17(27)8-6-16/h5-12H,4,13-15H2,1-3H3. The van der Waals surface area contributed by atoms with E-state index < -0.39 is 0 Å². The van der Waals surface area contributed by atoms with Gasteiger partial charge in [0, 0.05) is 17.1 Å². The summed E-state index contributed by atoms with van der Waals surface area (Å²) in [5.41, 5.74) is 2.33. The van der Waals surface area contributed by atoms with Crippen LogP contribution < -0.4 is 10.3 Å². The molecular formula is C26H25FN2O3S2. The zero-order valence-electron chi connectivity index (χ0n) is 19.3. The molecule has 0 fully saturated rings. The van der Waals surface area contributed by atoms with E-state index in [9.17, 15) is 9.18 Å². The molecule has 0 saturated carbocycles. The van der Waals surface area contributed by atoms with Crippen molar-refractivity contribution in [2.24, 2.45) is 0 Å². The van der Waals surface area contributed by atoms with Gasteiger partial charge in [0.15, 0.2) is 5.16 Å². The van der Waals surface area contributed by atoms with Crippen molar-refractivity contribution < 1.29 is 13.9 Å². The number of rotatable bonds is 6. The molecule has 0 bridgehead atoms. The highest BCUT2D eigenvalue weighted by atomic mass is 32.2. The molecule has 0 spiro atoms. The van der Waals surface area contributed by atoms with Gasteiger partial charge in [-0.25, -0.2) is 9.37 Å². The molecular weight excluding hydrogens is 471 g/mol. The first-order valence-electron chi connectivity index (χ1n) is 11.2. The Morgan fingerprint density at radius 2 is 1.91 bits per heavy atom. The fourth-order valence-corrected chi connectivity index (χ4v) is 6.20. The number of ether oxygens (including phenoxy) is 2. The lowest BCUT2D eigenvalue weighted by Crippen LogP contribution is -2.32. The smallest absolute Gasteiger partial charge is 0.267 e. The lowest BCUT2D eigenvalue weighted by molar-refractivity contribution is -0.0379. The maximum absolute atomic E-state index is 14.0. The Kier molecular flexibility index (Phi) is 6.22. The maximum Gasteiger partial charge on any atom is 0.267 e. The SMILES string of the molecule is CCOc1ccc(-n2c(SCc3ccc(F)cc3)nc3sc4c(c3c2=O)CC(C)(C)OC4)cc1. The monoisotopic (exact) mass is 496 g/mol. The van der Waals surface area contributed by atoms with Gasteiger partial charge in [-0.05, 0) is 68.3 Å². The number of nitrogens with zero attached hydrogens (tertiary/aromatic N) is 2. The van der Waals surface area contributed by atoms with Crippen LogP contribution in [0.5, 0.6) is 5.75 Å². The van der Waals surface area contributed by atoms with Crippen molar-refractivity contribution in [1.82, 2.24) is 9.55 Å². The molecule has 2 aromatic carbocycles. The number of thiophene rings is 1. The number of benzene rings is 2. The van der Waals surface area contributed by atoms with Crippen LogP contribution in [0.1, 0.15) is 36.8 Å². The summed E-state index contributed by atoms with van der Waals surface area (Å²) in [6.07, 6.45) is 0.671. The molecule has 0 radical (unpaired) electrons. The highest BCUT2D eigenvalue weighted by Gasteiger charge is 2.31. The van der Waals surface area contributed by atoms with E-state index in [1.807, 2.05) is 45.0 Å². The topological polar surface area (TPSA) is 53.4 Å². The molecule has 176 valence electrons. The van der Waals surface area contributed by atoms with Gasteiger partial charge in [0.25, 0.3) is 5.56 Å². The molecule has 2 aromatic heterocycles. The maximum atomic E-state index is 14.0. The minimum Gasteiger partial charge on any atom is -0.494 e. The largest absolute Gasteiger partial charge is 0.494 e. The van der Waals surface area contributed by atoms with Crippen molar-refractivity contribution in [3.63, 3.8) is 0 Å². The molecule has 0 N–H and O–H groups in total. The highest BCUT2D eigenvalue weighted by Crippen LogP contribution is 2.38. The minimum atomic E-state index is -0.326. The summed E-state index contributed by atoms with van der Waals surface area (Å²) in [5, 5.41) is 1.28. The normalized spacial score (nSPS) is 14.8. The van der Waals surface area contributed by atoms with E-state index in [0.717, 1.165) is 32.3 Å². The second-order valence-electron chi connectivity index (χ2n) is 8.79. The quantitative estimate of drug-likeness (QED) is 0.237. The van der Waals surface area contributed by atoms with Crippen LogP contribution in [-0.2, 0) is 23.5 Å². The van der Waals surface area contributed by atoms with Gasteiger partial charge < -0.3 is 9.47 Å². The van der Waals surface area contributed by atoms with E-state index in [-0.39, 0.29) is 17.0 Å². The predicted octanol–water partition coefficient (Wildman–Crippen LogP) is 6.13. The molecule has 5 nitrogen and oxygen atoms in total. The van der Waals surface area contributed by atoms with E-state index in [1.165, 1.54) is 35.2 Å². The fourth-order valence-electron chi connectivity index (χ4n) is 4.08. The first-order chi connectivity index (χ1) is 16.3. The summed E-state index contributed by atoms with van der Waals surface area (Å²) < 4.78 is 26.6. The Morgan fingerprint density at radius 1 is 1.18 bits per heavy atom. The molecule has 4 aromatic rings. The van der Waals surface area contributed by atoms with E-state index >= 15 is 0 Å². The average molecular weight is 497 g/mol. The van der Waals surface area contributed by atoms with Crippen LogP contribution in [0.25, 0.3) is 15.9 Å². The van der Waals surface area contributed by atoms with Gasteiger partial charge in [0.2, 0.25) is 0 Å². The predicted molar refractivity (Wildman–Crippen MR) is 135 cm³/mol. The molecule has 1 aliphatic rings. The Labute approximate surface area is 205 Å². The first-order valence-corrected chi connectivity index (χ1v) is 13.0. The van der Waals surface area contributed by atoms with E-state index in [0.29, 0.717) is 35.9 Å². The van der Waals surface area contributed by atoms with Gasteiger partial charge in [-0.2, -0.15) is 0 Å². The third kappa shape index (κ3) is 4.50.